The van der Waals surface area contributed by atoms with E-state index < -0.39 is 0 Å². The lowest BCUT2D eigenvalue weighted by atomic mass is 10.0. The first kappa shape index (κ1) is 17.0. The highest BCUT2D eigenvalue weighted by molar-refractivity contribution is 9.10. The smallest absolute Gasteiger partial charge is 0.0699 e. The van der Waals surface area contributed by atoms with E-state index >= 15 is 0 Å². The molecule has 0 amide bonds. The molecule has 0 saturated heterocycles. The van der Waals surface area contributed by atoms with Crippen molar-refractivity contribution in [1.29, 1.82) is 0 Å². The minimum atomic E-state index is 0.328. The Labute approximate surface area is 137 Å². The molecule has 1 aliphatic rings. The summed E-state index contributed by atoms with van der Waals surface area (Å²) in [6.07, 6.45) is 1.93. The van der Waals surface area contributed by atoms with Crippen LogP contribution >= 0.6 is 15.9 Å². The van der Waals surface area contributed by atoms with Crippen LogP contribution in [0.1, 0.15) is 39.4 Å². The van der Waals surface area contributed by atoms with E-state index in [2.05, 4.69) is 84.8 Å². The third-order valence-electron chi connectivity index (χ3n) is 5.66. The van der Waals surface area contributed by atoms with Gasteiger partial charge in [-0.25, -0.2) is 0 Å². The Hall–Kier alpha value is -0.390. The van der Waals surface area contributed by atoms with Gasteiger partial charge in [0.05, 0.1) is 29.0 Å². The Bertz CT molecular complexity index is 490. The lowest BCUT2D eigenvalue weighted by Gasteiger charge is -2.22. The molecule has 1 aromatic heterocycles. The number of halogens is 1. The first-order valence-corrected chi connectivity index (χ1v) is 8.47. The highest BCUT2D eigenvalue weighted by atomic mass is 79.9. The van der Waals surface area contributed by atoms with Crippen LogP contribution < -0.4 is 5.32 Å². The van der Waals surface area contributed by atoms with Gasteiger partial charge in [-0.2, -0.15) is 5.10 Å². The maximum absolute atomic E-state index is 4.57. The Morgan fingerprint density at radius 1 is 1.33 bits per heavy atom. The van der Waals surface area contributed by atoms with Crippen molar-refractivity contribution in [3.05, 3.63) is 16.4 Å². The number of nitrogens with one attached hydrogen (secondary N) is 1. The number of aromatic nitrogens is 2. The van der Waals surface area contributed by atoms with Crippen molar-refractivity contribution in [2.75, 3.05) is 27.7 Å². The topological polar surface area (TPSA) is 33.1 Å². The fraction of sp³-hybridized carbons (Fsp3) is 0.812. The van der Waals surface area contributed by atoms with Gasteiger partial charge in [-0.15, -0.1) is 0 Å². The fourth-order valence-electron chi connectivity index (χ4n) is 3.70. The molecule has 0 aromatic carbocycles. The van der Waals surface area contributed by atoms with Gasteiger partial charge >= 0.3 is 0 Å². The van der Waals surface area contributed by atoms with Crippen LogP contribution in [0.3, 0.4) is 0 Å². The molecule has 0 radical (unpaired) electrons. The molecule has 1 heterocycles. The van der Waals surface area contributed by atoms with Crippen LogP contribution in [0.25, 0.3) is 0 Å². The second-order valence-corrected chi connectivity index (χ2v) is 8.45. The lowest BCUT2D eigenvalue weighted by molar-refractivity contribution is 0.350. The molecule has 1 saturated carbocycles. The van der Waals surface area contributed by atoms with Gasteiger partial charge in [0.15, 0.2) is 0 Å². The fourth-order valence-corrected chi connectivity index (χ4v) is 4.24. The summed E-state index contributed by atoms with van der Waals surface area (Å²) in [4.78, 5) is 2.19. The SMILES string of the molecule is CNC(c1c(Br)cnn1CCN(C)C)C1C(C)(C)C1(C)C. The van der Waals surface area contributed by atoms with Gasteiger partial charge in [0.25, 0.3) is 0 Å². The Morgan fingerprint density at radius 2 is 1.90 bits per heavy atom. The van der Waals surface area contributed by atoms with Crippen molar-refractivity contribution in [2.45, 2.75) is 40.3 Å². The Balaban J connectivity index is 2.29. The number of hydrogen-bond donors (Lipinski definition) is 1. The van der Waals surface area contributed by atoms with Crippen LogP contribution in [-0.4, -0.2) is 42.4 Å². The quantitative estimate of drug-likeness (QED) is 0.849. The van der Waals surface area contributed by atoms with Gasteiger partial charge in [0.2, 0.25) is 0 Å². The van der Waals surface area contributed by atoms with Gasteiger partial charge in [-0.3, -0.25) is 4.68 Å². The standard InChI is InChI=1S/C16H29BrN4/c1-15(2)14(16(15,3)4)12(18-5)13-11(17)10-19-21(13)9-8-20(6)7/h10,12,14,18H,8-9H2,1-7H3. The van der Waals surface area contributed by atoms with E-state index in [0.29, 0.717) is 22.8 Å². The lowest BCUT2D eigenvalue weighted by Crippen LogP contribution is -2.27. The molecule has 0 spiro atoms. The highest BCUT2D eigenvalue weighted by Gasteiger charge is 2.67. The van der Waals surface area contributed by atoms with E-state index in [1.165, 1.54) is 5.69 Å². The molecule has 1 atom stereocenters. The molecule has 4 nitrogen and oxygen atoms in total. The molecule has 1 N–H and O–H groups in total. The van der Waals surface area contributed by atoms with Gasteiger partial charge < -0.3 is 10.2 Å². The van der Waals surface area contributed by atoms with Gasteiger partial charge in [0, 0.05) is 6.54 Å². The van der Waals surface area contributed by atoms with E-state index in [1.54, 1.807) is 0 Å². The first-order valence-electron chi connectivity index (χ1n) is 7.67. The molecular formula is C16H29BrN4. The average molecular weight is 357 g/mol. The zero-order valence-electron chi connectivity index (χ0n) is 14.4. The summed E-state index contributed by atoms with van der Waals surface area (Å²) in [5.74, 6) is 0.612. The summed E-state index contributed by atoms with van der Waals surface area (Å²) >= 11 is 3.70. The van der Waals surface area contributed by atoms with Crippen molar-refractivity contribution < 1.29 is 0 Å². The molecule has 1 unspecified atom stereocenters. The van der Waals surface area contributed by atoms with E-state index in [-0.39, 0.29) is 0 Å². The molecule has 1 fully saturated rings. The number of likely N-dealkylation sites (N-methyl/N-ethyl adjacent to an activating group) is 1. The van der Waals surface area contributed by atoms with Crippen LogP contribution in [0.15, 0.2) is 10.7 Å². The predicted molar refractivity (Wildman–Crippen MR) is 91.3 cm³/mol. The van der Waals surface area contributed by atoms with Crippen LogP contribution in [0.4, 0.5) is 0 Å². The molecular weight excluding hydrogens is 328 g/mol. The first-order chi connectivity index (χ1) is 9.64. The largest absolute Gasteiger partial charge is 0.311 e. The highest BCUT2D eigenvalue weighted by Crippen LogP contribution is 2.72. The maximum atomic E-state index is 4.57. The molecule has 120 valence electrons. The van der Waals surface area contributed by atoms with Crippen LogP contribution in [0, 0.1) is 16.7 Å². The van der Waals surface area contributed by atoms with E-state index in [9.17, 15) is 0 Å². The van der Waals surface area contributed by atoms with Crippen molar-refractivity contribution >= 4 is 15.9 Å². The second kappa shape index (κ2) is 5.67. The average Bonchev–Trinajstić information content (AvgIpc) is 2.68. The zero-order valence-corrected chi connectivity index (χ0v) is 16.0. The molecule has 0 bridgehead atoms. The summed E-state index contributed by atoms with van der Waals surface area (Å²) in [5, 5.41) is 8.11. The Kier molecular flexibility index (Phi) is 4.58. The number of hydrogen-bond acceptors (Lipinski definition) is 3. The third kappa shape index (κ3) is 2.80. The van der Waals surface area contributed by atoms with E-state index in [4.69, 9.17) is 0 Å². The zero-order chi connectivity index (χ0) is 16.0. The normalized spacial score (nSPS) is 21.8. The molecule has 1 aromatic rings. The Morgan fingerprint density at radius 3 is 2.33 bits per heavy atom. The van der Waals surface area contributed by atoms with Crippen molar-refractivity contribution in [2.24, 2.45) is 16.7 Å². The van der Waals surface area contributed by atoms with Gasteiger partial charge in [-0.05, 0) is 53.8 Å². The molecule has 21 heavy (non-hydrogen) atoms. The third-order valence-corrected chi connectivity index (χ3v) is 6.27. The van der Waals surface area contributed by atoms with Crippen LogP contribution in [-0.2, 0) is 6.54 Å². The monoisotopic (exact) mass is 356 g/mol. The second-order valence-electron chi connectivity index (χ2n) is 7.59. The van der Waals surface area contributed by atoms with Gasteiger partial charge in [0.1, 0.15) is 0 Å². The summed E-state index contributed by atoms with van der Waals surface area (Å²) in [7, 11) is 6.26. The van der Waals surface area contributed by atoms with Crippen LogP contribution in [0.2, 0.25) is 0 Å². The molecule has 0 aliphatic heterocycles. The van der Waals surface area contributed by atoms with E-state index in [1.807, 2.05) is 6.20 Å². The minimum absolute atomic E-state index is 0.328. The van der Waals surface area contributed by atoms with Crippen LogP contribution in [0.5, 0.6) is 0 Å². The predicted octanol–water partition coefficient (Wildman–Crippen LogP) is 3.15. The number of rotatable bonds is 6. The molecule has 2 rings (SSSR count). The van der Waals surface area contributed by atoms with E-state index in [0.717, 1.165) is 17.6 Å². The van der Waals surface area contributed by atoms with Crippen molar-refractivity contribution in [1.82, 2.24) is 20.0 Å². The van der Waals surface area contributed by atoms with Gasteiger partial charge in [-0.1, -0.05) is 27.7 Å². The number of nitrogens with zero attached hydrogens (tertiary/aromatic N) is 3. The minimum Gasteiger partial charge on any atom is -0.311 e. The summed E-state index contributed by atoms with van der Waals surface area (Å²) in [6.45, 7) is 11.4. The van der Waals surface area contributed by atoms with Crippen molar-refractivity contribution in [3.63, 3.8) is 0 Å². The molecule has 5 heteroatoms. The summed E-state index contributed by atoms with van der Waals surface area (Å²) in [6, 6.07) is 0.328. The summed E-state index contributed by atoms with van der Waals surface area (Å²) < 4.78 is 3.26. The maximum Gasteiger partial charge on any atom is 0.0699 e. The molecule has 1 aliphatic carbocycles. The van der Waals surface area contributed by atoms with Crippen molar-refractivity contribution in [3.8, 4) is 0 Å². The summed E-state index contributed by atoms with van der Waals surface area (Å²) in [5.41, 5.74) is 1.97.